The highest BCUT2D eigenvalue weighted by atomic mass is 16.7. The van der Waals surface area contributed by atoms with E-state index >= 15 is 0 Å². The van der Waals surface area contributed by atoms with Crippen molar-refractivity contribution >= 4 is 17.9 Å². The second kappa shape index (κ2) is 78.4. The Hall–Kier alpha value is -5.35. The Morgan fingerprint density at radius 1 is 0.303 bits per heavy atom. The van der Waals surface area contributed by atoms with Crippen LogP contribution in [0.15, 0.2) is 170 Å². The molecule has 0 aromatic heterocycles. The molecule has 0 spiro atoms. The van der Waals surface area contributed by atoms with E-state index in [9.17, 15) is 19.5 Å². The highest BCUT2D eigenvalue weighted by Gasteiger charge is 2.22. The van der Waals surface area contributed by atoms with E-state index in [0.29, 0.717) is 17.4 Å². The predicted molar refractivity (Wildman–Crippen MR) is 425 cm³/mol. The average Bonchev–Trinajstić information content (AvgIpc) is 1.16. The number of hydrogen-bond donors (Lipinski definition) is 0. The zero-order valence-corrected chi connectivity index (χ0v) is 64.3. The monoisotopic (exact) mass is 1370 g/mol. The van der Waals surface area contributed by atoms with Gasteiger partial charge in [-0.2, -0.15) is 0 Å². The molecule has 9 heteroatoms. The summed E-state index contributed by atoms with van der Waals surface area (Å²) in [6.07, 6.45) is 115. The third-order valence-corrected chi connectivity index (χ3v) is 17.0. The Morgan fingerprint density at radius 3 is 0.808 bits per heavy atom. The molecular formula is C90H149NO8. The first kappa shape index (κ1) is 93.6. The zero-order valence-electron chi connectivity index (χ0n) is 64.3. The quantitative estimate of drug-likeness (QED) is 0.0195. The van der Waals surface area contributed by atoms with E-state index in [-0.39, 0.29) is 38.6 Å². The number of rotatable bonds is 73. The fraction of sp³-hybridized carbons (Fsp3) is 0.656. The molecule has 0 fully saturated rings. The molecule has 0 aliphatic rings. The smallest absolute Gasteiger partial charge is 0.306 e. The van der Waals surface area contributed by atoms with E-state index in [1.54, 1.807) is 0 Å². The van der Waals surface area contributed by atoms with Crippen LogP contribution in [0.1, 0.15) is 322 Å². The van der Waals surface area contributed by atoms with Crippen LogP contribution < -0.4 is 5.11 Å². The van der Waals surface area contributed by atoms with Gasteiger partial charge >= 0.3 is 11.9 Å². The molecule has 0 aromatic carbocycles. The molecule has 0 saturated carbocycles. The number of hydrogen-bond acceptors (Lipinski definition) is 8. The van der Waals surface area contributed by atoms with Gasteiger partial charge in [-0.1, -0.05) is 351 Å². The van der Waals surface area contributed by atoms with Crippen LogP contribution >= 0.6 is 0 Å². The van der Waals surface area contributed by atoms with E-state index in [0.717, 1.165) is 135 Å². The zero-order chi connectivity index (χ0) is 71.8. The third kappa shape index (κ3) is 79.8. The van der Waals surface area contributed by atoms with Crippen molar-refractivity contribution in [2.75, 3.05) is 47.5 Å². The van der Waals surface area contributed by atoms with Gasteiger partial charge in [0.05, 0.1) is 40.3 Å². The molecule has 0 heterocycles. The summed E-state index contributed by atoms with van der Waals surface area (Å²) in [5.41, 5.74) is 0. The van der Waals surface area contributed by atoms with Crippen molar-refractivity contribution < 1.29 is 42.9 Å². The van der Waals surface area contributed by atoms with Crippen LogP contribution in [0.4, 0.5) is 0 Å². The summed E-state index contributed by atoms with van der Waals surface area (Å²) in [6, 6.07) is 0. The van der Waals surface area contributed by atoms with E-state index in [4.69, 9.17) is 18.9 Å². The normalized spacial score (nSPS) is 13.6. The largest absolute Gasteiger partial charge is 0.545 e. The van der Waals surface area contributed by atoms with Gasteiger partial charge in [0.15, 0.2) is 12.4 Å². The number of carboxylic acid groups (broad SMARTS) is 1. The second-order valence-electron chi connectivity index (χ2n) is 27.6. The van der Waals surface area contributed by atoms with Crippen LogP contribution in [0.3, 0.4) is 0 Å². The van der Waals surface area contributed by atoms with Gasteiger partial charge < -0.3 is 33.3 Å². The molecule has 0 saturated heterocycles. The summed E-state index contributed by atoms with van der Waals surface area (Å²) in [7, 11) is 5.92. The van der Waals surface area contributed by atoms with Crippen molar-refractivity contribution in [2.24, 2.45) is 0 Å². The fourth-order valence-electron chi connectivity index (χ4n) is 10.9. The van der Waals surface area contributed by atoms with E-state index in [1.165, 1.54) is 154 Å². The lowest BCUT2D eigenvalue weighted by Crippen LogP contribution is -2.44. The van der Waals surface area contributed by atoms with Gasteiger partial charge in [-0.05, 0) is 128 Å². The number of likely N-dealkylation sites (N-methyl/N-ethyl adjacent to an activating group) is 1. The molecule has 0 bridgehead atoms. The summed E-state index contributed by atoms with van der Waals surface area (Å²) in [5, 5.41) is 11.9. The minimum absolute atomic E-state index is 0.136. The summed E-state index contributed by atoms with van der Waals surface area (Å²) in [6.45, 7) is 4.50. The lowest BCUT2D eigenvalue weighted by Gasteiger charge is -2.26. The highest BCUT2D eigenvalue weighted by molar-refractivity contribution is 5.70. The lowest BCUT2D eigenvalue weighted by molar-refractivity contribution is -0.870. The number of nitrogens with zero attached hydrogens (tertiary/aromatic N) is 1. The number of ether oxygens (including phenoxy) is 4. The van der Waals surface area contributed by atoms with E-state index in [2.05, 4.69) is 184 Å². The number of carbonyl (C=O) groups excluding carboxylic acids is 3. The van der Waals surface area contributed by atoms with Gasteiger partial charge in [0.2, 0.25) is 0 Å². The maximum Gasteiger partial charge on any atom is 0.306 e. The number of carbonyl (C=O) groups is 3. The first-order valence-electron chi connectivity index (χ1n) is 40.3. The van der Waals surface area contributed by atoms with Gasteiger partial charge in [0.1, 0.15) is 13.2 Å². The van der Waals surface area contributed by atoms with Crippen molar-refractivity contribution in [1.82, 2.24) is 0 Å². The van der Waals surface area contributed by atoms with Crippen molar-refractivity contribution in [3.63, 3.8) is 0 Å². The summed E-state index contributed by atoms with van der Waals surface area (Å²) >= 11 is 0. The molecule has 0 rings (SSSR count). The number of allylic oxidation sites excluding steroid dienone is 28. The molecular weight excluding hydrogens is 1220 g/mol. The molecule has 0 aliphatic carbocycles. The summed E-state index contributed by atoms with van der Waals surface area (Å²) < 4.78 is 22.8. The van der Waals surface area contributed by atoms with Crippen LogP contribution in [-0.4, -0.2) is 82.3 Å². The average molecular weight is 1370 g/mol. The van der Waals surface area contributed by atoms with Gasteiger partial charge in [-0.3, -0.25) is 9.59 Å². The molecule has 2 atom stereocenters. The maximum atomic E-state index is 13.0. The third-order valence-electron chi connectivity index (χ3n) is 17.0. The van der Waals surface area contributed by atoms with Crippen LogP contribution in [-0.2, 0) is 33.3 Å². The molecule has 0 aromatic rings. The Kier molecular flexibility index (Phi) is 74.1. The molecule has 99 heavy (non-hydrogen) atoms. The van der Waals surface area contributed by atoms with Crippen LogP contribution in [0, 0.1) is 0 Å². The molecule has 0 amide bonds. The molecule has 0 N–H and O–H groups in total. The van der Waals surface area contributed by atoms with Crippen LogP contribution in [0.5, 0.6) is 0 Å². The Morgan fingerprint density at radius 2 is 0.545 bits per heavy atom. The van der Waals surface area contributed by atoms with E-state index in [1.807, 2.05) is 21.1 Å². The van der Waals surface area contributed by atoms with Gasteiger partial charge in [0.25, 0.3) is 0 Å². The standard InChI is InChI=1S/C90H149NO8/c1-6-8-10-12-14-16-18-20-22-24-26-28-30-32-34-36-38-40-42-43-44-45-47-48-50-52-54-56-58-60-62-64-66-68-70-72-74-76-78-80-87(92)97-84-86(85-98-90(89(94)95)96-83-82-91(3,4)5)99-88(93)81-79-77-75-73-71-69-67-65-63-61-59-57-55-53-51-49-46-41-39-37-35-33-31-29-27-25-23-21-19-17-15-13-11-9-7-2/h8-11,14-17,20-23,26-29,33,35,39,41,49,51,55,57,61,63,67,69,86,90H,6-7,12-13,18-19,24-25,30-32,34,36-38,40,42-48,50,52-54,56,58-60,62,64-66,68,70-85H2,1-5H3/b10-8-,11-9-,16-14-,17-15-,22-20-,23-21-,28-26-,29-27-,35-33-,41-39-,51-49-,57-55-,63-61-,69-67-. The summed E-state index contributed by atoms with van der Waals surface area (Å²) in [4.78, 5) is 37.6. The first-order valence-corrected chi connectivity index (χ1v) is 40.3. The van der Waals surface area contributed by atoms with Gasteiger partial charge in [-0.25, -0.2) is 0 Å². The SMILES string of the molecule is CC/C=C\C/C=C\C/C=C\C/C=C\C/C=C\C/C=C\C/C=C\C/C=C\C/C=C\C/C=C\CCCCCCC(=O)OC(COC(=O)CCCCCCCCCCCCCCCCCCCCCCCCCCCC/C=C\C/C=C\C/C=C\C/C=C\CC)COC(OCC[N+](C)(C)C)C(=O)[O-]. The number of esters is 2. The van der Waals surface area contributed by atoms with Crippen LogP contribution in [0.25, 0.3) is 0 Å². The number of carboxylic acids is 1. The number of unbranched alkanes of at least 4 members (excludes halogenated alkanes) is 30. The Balaban J connectivity index is 4.09. The highest BCUT2D eigenvalue weighted by Crippen LogP contribution is 2.18. The Labute approximate surface area is 609 Å². The second-order valence-corrected chi connectivity index (χ2v) is 27.6. The topological polar surface area (TPSA) is 111 Å². The molecule has 562 valence electrons. The molecule has 9 nitrogen and oxygen atoms in total. The van der Waals surface area contributed by atoms with Gasteiger partial charge in [-0.15, -0.1) is 0 Å². The minimum atomic E-state index is -1.64. The predicted octanol–water partition coefficient (Wildman–Crippen LogP) is 24.8. The summed E-state index contributed by atoms with van der Waals surface area (Å²) in [5.74, 6) is -2.32. The Bertz CT molecular complexity index is 2240. The van der Waals surface area contributed by atoms with Crippen molar-refractivity contribution in [2.45, 2.75) is 334 Å². The molecule has 0 radical (unpaired) electrons. The fourth-order valence-corrected chi connectivity index (χ4v) is 10.9. The van der Waals surface area contributed by atoms with Crippen molar-refractivity contribution in [3.05, 3.63) is 170 Å². The van der Waals surface area contributed by atoms with Crippen molar-refractivity contribution in [3.8, 4) is 0 Å². The van der Waals surface area contributed by atoms with E-state index < -0.39 is 24.3 Å². The molecule has 0 aliphatic heterocycles. The van der Waals surface area contributed by atoms with Crippen molar-refractivity contribution in [1.29, 1.82) is 0 Å². The maximum absolute atomic E-state index is 13.0. The minimum Gasteiger partial charge on any atom is -0.545 e. The van der Waals surface area contributed by atoms with Gasteiger partial charge in [0, 0.05) is 12.8 Å². The molecule has 2 unspecified atom stereocenters. The number of quaternary nitrogens is 1. The number of aliphatic carboxylic acids is 1. The first-order chi connectivity index (χ1) is 48.6. The van der Waals surface area contributed by atoms with Crippen LogP contribution in [0.2, 0.25) is 0 Å². The lowest BCUT2D eigenvalue weighted by atomic mass is 10.0.